The number of nitrogens with one attached hydrogen (secondary N) is 2. The van der Waals surface area contributed by atoms with Gasteiger partial charge in [0.1, 0.15) is 5.82 Å². The molecule has 5 heteroatoms. The van der Waals surface area contributed by atoms with Crippen LogP contribution in [0.3, 0.4) is 0 Å². The van der Waals surface area contributed by atoms with Gasteiger partial charge < -0.3 is 15.4 Å². The molecule has 3 N–H and O–H groups in total. The molecule has 0 bridgehead atoms. The molecule has 0 aliphatic carbocycles. The summed E-state index contributed by atoms with van der Waals surface area (Å²) in [4.78, 5) is 19.0. The highest BCUT2D eigenvalue weighted by Gasteiger charge is 2.15. The van der Waals surface area contributed by atoms with Crippen molar-refractivity contribution < 1.29 is 5.11 Å². The van der Waals surface area contributed by atoms with Gasteiger partial charge in [-0.25, -0.2) is 4.98 Å². The zero-order valence-corrected chi connectivity index (χ0v) is 11.2. The Hall–Kier alpha value is -1.72. The number of fused-ring (bicyclic) bond motifs is 1. The van der Waals surface area contributed by atoms with Crippen molar-refractivity contribution in [1.29, 1.82) is 0 Å². The molecule has 0 spiro atoms. The van der Waals surface area contributed by atoms with Crippen LogP contribution in [-0.4, -0.2) is 28.2 Å². The van der Waals surface area contributed by atoms with Crippen LogP contribution in [0.4, 0.5) is 0 Å². The molecular weight excluding hydrogens is 242 g/mol. The SMILES string of the molecule is CC(C)(CO)CNCc1nc2ccccc2c(=O)[nH]1. The summed E-state index contributed by atoms with van der Waals surface area (Å²) in [6.45, 7) is 5.18. The van der Waals surface area contributed by atoms with Gasteiger partial charge in [0.05, 0.1) is 17.4 Å². The lowest BCUT2D eigenvalue weighted by Crippen LogP contribution is -2.32. The molecule has 0 amide bonds. The van der Waals surface area contributed by atoms with E-state index in [4.69, 9.17) is 5.11 Å². The highest BCUT2D eigenvalue weighted by Crippen LogP contribution is 2.11. The Morgan fingerprint density at radius 1 is 1.37 bits per heavy atom. The number of rotatable bonds is 5. The number of benzene rings is 1. The van der Waals surface area contributed by atoms with Crippen molar-refractivity contribution in [2.45, 2.75) is 20.4 Å². The van der Waals surface area contributed by atoms with E-state index in [1.165, 1.54) is 0 Å². The van der Waals surface area contributed by atoms with E-state index in [9.17, 15) is 4.79 Å². The summed E-state index contributed by atoms with van der Waals surface area (Å²) in [6, 6.07) is 7.26. The molecule has 2 aromatic rings. The average molecular weight is 261 g/mol. The molecule has 19 heavy (non-hydrogen) atoms. The van der Waals surface area contributed by atoms with Crippen LogP contribution in [0.15, 0.2) is 29.1 Å². The maximum absolute atomic E-state index is 11.9. The third kappa shape index (κ3) is 3.39. The fourth-order valence-corrected chi connectivity index (χ4v) is 1.79. The number of aliphatic hydroxyl groups is 1. The van der Waals surface area contributed by atoms with Gasteiger partial charge in [0.2, 0.25) is 0 Å². The Morgan fingerprint density at radius 3 is 2.84 bits per heavy atom. The highest BCUT2D eigenvalue weighted by atomic mass is 16.3. The third-order valence-electron chi connectivity index (χ3n) is 2.99. The average Bonchev–Trinajstić information content (AvgIpc) is 2.39. The lowest BCUT2D eigenvalue weighted by atomic mass is 9.95. The first-order valence-electron chi connectivity index (χ1n) is 6.31. The van der Waals surface area contributed by atoms with Gasteiger partial charge in [-0.2, -0.15) is 0 Å². The van der Waals surface area contributed by atoms with Crippen LogP contribution < -0.4 is 10.9 Å². The number of aliphatic hydroxyl groups excluding tert-OH is 1. The summed E-state index contributed by atoms with van der Waals surface area (Å²) in [5, 5.41) is 13.0. The molecule has 5 nitrogen and oxygen atoms in total. The minimum Gasteiger partial charge on any atom is -0.396 e. The van der Waals surface area contributed by atoms with Crippen LogP contribution in [0.2, 0.25) is 0 Å². The second-order valence-corrected chi connectivity index (χ2v) is 5.46. The first-order chi connectivity index (χ1) is 9.02. The molecule has 1 aromatic carbocycles. The van der Waals surface area contributed by atoms with Gasteiger partial charge in [0, 0.05) is 18.6 Å². The fraction of sp³-hybridized carbons (Fsp3) is 0.429. The van der Waals surface area contributed by atoms with Gasteiger partial charge in [-0.1, -0.05) is 26.0 Å². The second kappa shape index (κ2) is 5.50. The molecule has 0 fully saturated rings. The molecule has 0 aliphatic rings. The first kappa shape index (κ1) is 13.7. The molecule has 0 unspecified atom stereocenters. The highest BCUT2D eigenvalue weighted by molar-refractivity contribution is 5.77. The Morgan fingerprint density at radius 2 is 2.11 bits per heavy atom. The van der Waals surface area contributed by atoms with Crippen molar-refractivity contribution in [2.75, 3.05) is 13.2 Å². The molecule has 1 aromatic heterocycles. The first-order valence-corrected chi connectivity index (χ1v) is 6.31. The summed E-state index contributed by atoms with van der Waals surface area (Å²) < 4.78 is 0. The minimum absolute atomic E-state index is 0.113. The summed E-state index contributed by atoms with van der Waals surface area (Å²) in [7, 11) is 0. The number of H-pyrrole nitrogens is 1. The van der Waals surface area contributed by atoms with E-state index in [1.807, 2.05) is 32.0 Å². The van der Waals surface area contributed by atoms with E-state index in [-0.39, 0.29) is 17.6 Å². The molecular formula is C14H19N3O2. The van der Waals surface area contributed by atoms with Gasteiger partial charge in [0.15, 0.2) is 0 Å². The van der Waals surface area contributed by atoms with Crippen molar-refractivity contribution in [3.63, 3.8) is 0 Å². The molecule has 0 saturated carbocycles. The Balaban J connectivity index is 2.12. The monoisotopic (exact) mass is 261 g/mol. The molecule has 2 rings (SSSR count). The minimum atomic E-state index is -0.183. The number of nitrogens with zero attached hydrogens (tertiary/aromatic N) is 1. The van der Waals surface area contributed by atoms with Gasteiger partial charge in [-0.15, -0.1) is 0 Å². The number of aromatic amines is 1. The summed E-state index contributed by atoms with van der Waals surface area (Å²) in [5.74, 6) is 0.609. The number of para-hydroxylation sites is 1. The number of hydrogen-bond donors (Lipinski definition) is 3. The van der Waals surface area contributed by atoms with Crippen molar-refractivity contribution in [3.05, 3.63) is 40.4 Å². The van der Waals surface area contributed by atoms with Gasteiger partial charge >= 0.3 is 0 Å². The van der Waals surface area contributed by atoms with Crippen LogP contribution >= 0.6 is 0 Å². The van der Waals surface area contributed by atoms with E-state index >= 15 is 0 Å². The lowest BCUT2D eigenvalue weighted by molar-refractivity contribution is 0.156. The van der Waals surface area contributed by atoms with Crippen molar-refractivity contribution in [2.24, 2.45) is 5.41 Å². The maximum atomic E-state index is 11.9. The molecule has 0 aliphatic heterocycles. The van der Waals surface area contributed by atoms with E-state index in [2.05, 4.69) is 15.3 Å². The molecule has 102 valence electrons. The zero-order valence-electron chi connectivity index (χ0n) is 11.2. The Labute approximate surface area is 111 Å². The van der Waals surface area contributed by atoms with Crippen LogP contribution in [-0.2, 0) is 6.54 Å². The largest absolute Gasteiger partial charge is 0.396 e. The molecule has 0 atom stereocenters. The van der Waals surface area contributed by atoms with E-state index < -0.39 is 0 Å². The quantitative estimate of drug-likeness (QED) is 0.751. The normalized spacial score (nSPS) is 11.9. The van der Waals surface area contributed by atoms with Gasteiger partial charge in [-0.3, -0.25) is 4.79 Å². The third-order valence-corrected chi connectivity index (χ3v) is 2.99. The molecule has 0 saturated heterocycles. The van der Waals surface area contributed by atoms with E-state index in [0.29, 0.717) is 29.8 Å². The predicted molar refractivity (Wildman–Crippen MR) is 74.9 cm³/mol. The van der Waals surface area contributed by atoms with Crippen LogP contribution in [0.1, 0.15) is 19.7 Å². The smallest absolute Gasteiger partial charge is 0.258 e. The van der Waals surface area contributed by atoms with Crippen molar-refractivity contribution in [1.82, 2.24) is 15.3 Å². The molecule has 0 radical (unpaired) electrons. The number of hydrogen-bond acceptors (Lipinski definition) is 4. The summed E-state index contributed by atoms with van der Waals surface area (Å²) in [5.41, 5.74) is 0.394. The van der Waals surface area contributed by atoms with Gasteiger partial charge in [-0.05, 0) is 12.1 Å². The lowest BCUT2D eigenvalue weighted by Gasteiger charge is -2.21. The Bertz CT molecular complexity index is 619. The van der Waals surface area contributed by atoms with Crippen LogP contribution in [0, 0.1) is 5.41 Å². The summed E-state index contributed by atoms with van der Waals surface area (Å²) in [6.07, 6.45) is 0. The second-order valence-electron chi connectivity index (χ2n) is 5.46. The number of aromatic nitrogens is 2. The van der Waals surface area contributed by atoms with E-state index in [0.717, 1.165) is 0 Å². The van der Waals surface area contributed by atoms with E-state index in [1.54, 1.807) is 6.07 Å². The Kier molecular flexibility index (Phi) is 3.97. The summed E-state index contributed by atoms with van der Waals surface area (Å²) >= 11 is 0. The van der Waals surface area contributed by atoms with Crippen molar-refractivity contribution >= 4 is 10.9 Å². The van der Waals surface area contributed by atoms with Crippen LogP contribution in [0.5, 0.6) is 0 Å². The van der Waals surface area contributed by atoms with Crippen molar-refractivity contribution in [3.8, 4) is 0 Å². The van der Waals surface area contributed by atoms with Gasteiger partial charge in [0.25, 0.3) is 5.56 Å². The fourth-order valence-electron chi connectivity index (χ4n) is 1.79. The maximum Gasteiger partial charge on any atom is 0.258 e. The predicted octanol–water partition coefficient (Wildman–Crippen LogP) is 1.03. The molecule has 1 heterocycles. The standard InChI is InChI=1S/C14H19N3O2/c1-14(2,9-18)8-15-7-12-16-11-6-4-3-5-10(11)13(19)17-12/h3-6,15,18H,7-9H2,1-2H3,(H,16,17,19). The zero-order chi connectivity index (χ0) is 13.9. The van der Waals surface area contributed by atoms with Crippen LogP contribution in [0.25, 0.3) is 10.9 Å². The topological polar surface area (TPSA) is 78.0 Å².